The van der Waals surface area contributed by atoms with Crippen LogP contribution in [-0.2, 0) is 20.9 Å². The lowest BCUT2D eigenvalue weighted by Crippen LogP contribution is -2.55. The van der Waals surface area contributed by atoms with Crippen molar-refractivity contribution >= 4 is 23.2 Å². The first-order valence-corrected chi connectivity index (χ1v) is 7.28. The summed E-state index contributed by atoms with van der Waals surface area (Å²) in [6.07, 6.45) is 0.116. The fourth-order valence-corrected chi connectivity index (χ4v) is 2.88. The Balaban J connectivity index is 2.01. The maximum atomic E-state index is 11.9. The molecule has 0 unspecified atom stereocenters. The van der Waals surface area contributed by atoms with Crippen LogP contribution >= 0.6 is 11.3 Å². The largest absolute Gasteiger partial charge is 0.466 e. The maximum Gasteiger partial charge on any atom is 0.307 e. The van der Waals surface area contributed by atoms with E-state index in [0.29, 0.717) is 19.7 Å². The van der Waals surface area contributed by atoms with Crippen LogP contribution in [0.3, 0.4) is 0 Å². The zero-order valence-corrected chi connectivity index (χ0v) is 11.7. The van der Waals surface area contributed by atoms with E-state index < -0.39 is 6.04 Å². The number of carbonyl (C=O) groups excluding carboxylic acids is 2. The van der Waals surface area contributed by atoms with E-state index in [0.717, 1.165) is 6.54 Å². The molecule has 1 saturated heterocycles. The fraction of sp³-hybridized carbons (Fsp3) is 0.538. The molecule has 1 aliphatic rings. The van der Waals surface area contributed by atoms with E-state index in [1.807, 2.05) is 22.4 Å². The molecule has 1 aromatic heterocycles. The van der Waals surface area contributed by atoms with Gasteiger partial charge in [-0.05, 0) is 18.4 Å². The number of thiophene rings is 1. The van der Waals surface area contributed by atoms with Crippen LogP contribution in [0.1, 0.15) is 18.2 Å². The van der Waals surface area contributed by atoms with Gasteiger partial charge in [-0.1, -0.05) is 6.07 Å². The number of hydrogen-bond donors (Lipinski definition) is 1. The monoisotopic (exact) mass is 282 g/mol. The number of nitrogens with zero attached hydrogens (tertiary/aromatic N) is 1. The second kappa shape index (κ2) is 6.68. The Kier molecular flexibility index (Phi) is 4.93. The molecule has 5 nitrogen and oxygen atoms in total. The summed E-state index contributed by atoms with van der Waals surface area (Å²) in [5, 5.41) is 4.82. The van der Waals surface area contributed by atoms with E-state index in [-0.39, 0.29) is 18.3 Å². The second-order valence-electron chi connectivity index (χ2n) is 4.37. The fourth-order valence-electron chi connectivity index (χ4n) is 2.15. The minimum atomic E-state index is -0.421. The molecular formula is C13H18N2O3S. The summed E-state index contributed by atoms with van der Waals surface area (Å²) in [6, 6.07) is 3.61. The van der Waals surface area contributed by atoms with Crippen molar-refractivity contribution in [3.63, 3.8) is 0 Å². The maximum absolute atomic E-state index is 11.9. The molecule has 0 aliphatic carbocycles. The van der Waals surface area contributed by atoms with Crippen molar-refractivity contribution in [1.82, 2.24) is 10.2 Å². The number of nitrogens with one attached hydrogen (secondary N) is 1. The second-order valence-corrected chi connectivity index (χ2v) is 5.40. The van der Waals surface area contributed by atoms with Crippen molar-refractivity contribution < 1.29 is 14.3 Å². The predicted octanol–water partition coefficient (Wildman–Crippen LogP) is 1.00. The first-order chi connectivity index (χ1) is 9.20. The zero-order valence-electron chi connectivity index (χ0n) is 10.9. The van der Waals surface area contributed by atoms with Gasteiger partial charge in [0.2, 0.25) is 5.91 Å². The van der Waals surface area contributed by atoms with E-state index in [1.54, 1.807) is 18.3 Å². The van der Waals surface area contributed by atoms with Crippen LogP contribution in [0, 0.1) is 0 Å². The Bertz CT molecular complexity index is 433. The van der Waals surface area contributed by atoms with Gasteiger partial charge in [-0.15, -0.1) is 11.3 Å². The van der Waals surface area contributed by atoms with Crippen LogP contribution in [0.2, 0.25) is 0 Å². The Morgan fingerprint density at radius 2 is 2.47 bits per heavy atom. The number of piperazine rings is 1. The van der Waals surface area contributed by atoms with Crippen molar-refractivity contribution in [3.05, 3.63) is 22.4 Å². The Morgan fingerprint density at radius 1 is 1.63 bits per heavy atom. The van der Waals surface area contributed by atoms with Crippen molar-refractivity contribution in [2.24, 2.45) is 0 Å². The number of carbonyl (C=O) groups is 2. The normalized spacial score (nSPS) is 20.1. The number of ether oxygens (including phenoxy) is 1. The molecule has 0 aromatic carbocycles. The van der Waals surface area contributed by atoms with Crippen LogP contribution in [0.15, 0.2) is 17.5 Å². The standard InChI is InChI=1S/C13H18N2O3S/c1-2-18-12(16)8-11-13(17)14-5-6-15(11)9-10-4-3-7-19-10/h3-4,7,11H,2,5-6,8-9H2,1H3,(H,14,17)/t11-/m0/s1. The number of hydrogen-bond acceptors (Lipinski definition) is 5. The molecular weight excluding hydrogens is 264 g/mol. The summed E-state index contributed by atoms with van der Waals surface area (Å²) in [6.45, 7) is 4.20. The first kappa shape index (κ1) is 14.0. The number of rotatable bonds is 5. The van der Waals surface area contributed by atoms with Crippen LogP contribution in [-0.4, -0.2) is 42.5 Å². The lowest BCUT2D eigenvalue weighted by molar-refractivity contribution is -0.148. The molecule has 1 N–H and O–H groups in total. The highest BCUT2D eigenvalue weighted by atomic mass is 32.1. The van der Waals surface area contributed by atoms with Gasteiger partial charge < -0.3 is 10.1 Å². The van der Waals surface area contributed by atoms with Gasteiger partial charge in [-0.25, -0.2) is 0 Å². The summed E-state index contributed by atoms with van der Waals surface area (Å²) in [5.74, 6) is -0.406. The number of esters is 1. The van der Waals surface area contributed by atoms with Gasteiger partial charge in [-0.3, -0.25) is 14.5 Å². The summed E-state index contributed by atoms with van der Waals surface area (Å²) in [7, 11) is 0. The minimum absolute atomic E-state index is 0.0872. The van der Waals surface area contributed by atoms with Gasteiger partial charge >= 0.3 is 5.97 Å². The smallest absolute Gasteiger partial charge is 0.307 e. The summed E-state index contributed by atoms with van der Waals surface area (Å²) in [4.78, 5) is 26.7. The SMILES string of the molecule is CCOC(=O)C[C@H]1C(=O)NCCN1Cc1cccs1. The third kappa shape index (κ3) is 3.78. The molecule has 0 spiro atoms. The van der Waals surface area contributed by atoms with Gasteiger partial charge in [0, 0.05) is 24.5 Å². The highest BCUT2D eigenvalue weighted by Gasteiger charge is 2.32. The van der Waals surface area contributed by atoms with Gasteiger partial charge in [0.1, 0.15) is 6.04 Å². The molecule has 2 heterocycles. The summed E-state index contributed by atoms with van der Waals surface area (Å²) < 4.78 is 4.93. The van der Waals surface area contributed by atoms with Crippen molar-refractivity contribution in [2.45, 2.75) is 25.9 Å². The lowest BCUT2D eigenvalue weighted by atomic mass is 10.1. The molecule has 1 aliphatic heterocycles. The minimum Gasteiger partial charge on any atom is -0.466 e. The van der Waals surface area contributed by atoms with Crippen molar-refractivity contribution in [1.29, 1.82) is 0 Å². The number of amides is 1. The third-order valence-corrected chi connectivity index (χ3v) is 3.91. The van der Waals surface area contributed by atoms with E-state index in [4.69, 9.17) is 4.74 Å². The van der Waals surface area contributed by atoms with Crippen molar-refractivity contribution in [2.75, 3.05) is 19.7 Å². The molecule has 0 saturated carbocycles. The third-order valence-electron chi connectivity index (χ3n) is 3.05. The van der Waals surface area contributed by atoms with Crippen LogP contribution in [0.25, 0.3) is 0 Å². The topological polar surface area (TPSA) is 58.6 Å². The Labute approximate surface area is 116 Å². The molecule has 104 valence electrons. The van der Waals surface area contributed by atoms with Crippen LogP contribution in [0.4, 0.5) is 0 Å². The highest BCUT2D eigenvalue weighted by Crippen LogP contribution is 2.17. The predicted molar refractivity (Wildman–Crippen MR) is 72.8 cm³/mol. The molecule has 1 amide bonds. The van der Waals surface area contributed by atoms with E-state index >= 15 is 0 Å². The lowest BCUT2D eigenvalue weighted by Gasteiger charge is -2.34. The Hall–Kier alpha value is -1.40. The molecule has 6 heteroatoms. The van der Waals surface area contributed by atoms with Crippen LogP contribution < -0.4 is 5.32 Å². The average Bonchev–Trinajstić information content (AvgIpc) is 2.87. The molecule has 0 radical (unpaired) electrons. The Morgan fingerprint density at radius 3 is 3.16 bits per heavy atom. The highest BCUT2D eigenvalue weighted by molar-refractivity contribution is 7.09. The molecule has 2 rings (SSSR count). The van der Waals surface area contributed by atoms with E-state index in [2.05, 4.69) is 5.32 Å². The van der Waals surface area contributed by atoms with Gasteiger partial charge in [-0.2, -0.15) is 0 Å². The van der Waals surface area contributed by atoms with Gasteiger partial charge in [0.25, 0.3) is 0 Å². The molecule has 0 bridgehead atoms. The van der Waals surface area contributed by atoms with E-state index in [1.165, 1.54) is 4.88 Å². The zero-order chi connectivity index (χ0) is 13.7. The van der Waals surface area contributed by atoms with Crippen molar-refractivity contribution in [3.8, 4) is 0 Å². The first-order valence-electron chi connectivity index (χ1n) is 6.40. The van der Waals surface area contributed by atoms with Gasteiger partial charge in [0.15, 0.2) is 0 Å². The molecule has 1 aromatic rings. The quantitative estimate of drug-likeness (QED) is 0.819. The molecule has 19 heavy (non-hydrogen) atoms. The summed E-state index contributed by atoms with van der Waals surface area (Å²) in [5.41, 5.74) is 0. The van der Waals surface area contributed by atoms with E-state index in [9.17, 15) is 9.59 Å². The molecule has 1 fully saturated rings. The van der Waals surface area contributed by atoms with Gasteiger partial charge in [0.05, 0.1) is 13.0 Å². The average molecular weight is 282 g/mol. The summed E-state index contributed by atoms with van der Waals surface area (Å²) >= 11 is 1.66. The van der Waals surface area contributed by atoms with Crippen LogP contribution in [0.5, 0.6) is 0 Å². The molecule has 1 atom stereocenters.